The largest absolute Gasteiger partial charge is 0.469 e. The summed E-state index contributed by atoms with van der Waals surface area (Å²) in [5.41, 5.74) is 6.19. The molecule has 0 aromatic heterocycles. The maximum absolute atomic E-state index is 11.7. The van der Waals surface area contributed by atoms with E-state index >= 15 is 0 Å². The first kappa shape index (κ1) is 7.80. The number of hydrogen-bond acceptors (Lipinski definition) is 3. The average Bonchev–Trinajstić information content (AvgIpc) is 2.69. The van der Waals surface area contributed by atoms with Crippen LogP contribution in [0.1, 0.15) is 32.1 Å². The summed E-state index contributed by atoms with van der Waals surface area (Å²) in [4.78, 5) is 11.7. The van der Waals surface area contributed by atoms with Crippen LogP contribution in [0.5, 0.6) is 0 Å². The third kappa shape index (κ3) is 0.539. The quantitative estimate of drug-likeness (QED) is 0.609. The lowest BCUT2D eigenvalue weighted by molar-refractivity contribution is -0.166. The summed E-state index contributed by atoms with van der Waals surface area (Å²) < 4.78 is 4.90. The van der Waals surface area contributed by atoms with Crippen molar-refractivity contribution in [3.8, 4) is 0 Å². The van der Waals surface area contributed by atoms with Gasteiger partial charge in [-0.2, -0.15) is 0 Å². The van der Waals surface area contributed by atoms with E-state index in [0.29, 0.717) is 0 Å². The van der Waals surface area contributed by atoms with Gasteiger partial charge in [0.2, 0.25) is 0 Å². The van der Waals surface area contributed by atoms with E-state index in [4.69, 9.17) is 10.5 Å². The lowest BCUT2D eigenvalue weighted by atomic mass is 9.57. The molecule has 3 fully saturated rings. The van der Waals surface area contributed by atoms with Crippen molar-refractivity contribution in [2.45, 2.75) is 37.6 Å². The molecule has 3 heteroatoms. The molecule has 0 bridgehead atoms. The number of rotatable bonds is 1. The second-order valence-electron chi connectivity index (χ2n) is 4.99. The fraction of sp³-hybridized carbons (Fsp3) is 0.900. The van der Waals surface area contributed by atoms with Crippen molar-refractivity contribution in [1.82, 2.24) is 0 Å². The Labute approximate surface area is 77.6 Å². The maximum Gasteiger partial charge on any atom is 0.312 e. The highest BCUT2D eigenvalue weighted by atomic mass is 16.5. The van der Waals surface area contributed by atoms with Crippen LogP contribution in [0.3, 0.4) is 0 Å². The molecule has 0 aliphatic heterocycles. The van der Waals surface area contributed by atoms with Crippen LogP contribution in [0.15, 0.2) is 0 Å². The number of ether oxygens (including phenoxy) is 1. The predicted octanol–water partition coefficient (Wildman–Crippen LogP) is 0.821. The fourth-order valence-electron chi connectivity index (χ4n) is 3.93. The van der Waals surface area contributed by atoms with Crippen LogP contribution in [0.4, 0.5) is 0 Å². The van der Waals surface area contributed by atoms with E-state index in [1.165, 1.54) is 7.11 Å². The summed E-state index contributed by atoms with van der Waals surface area (Å²) in [5, 5.41) is 0. The normalized spacial score (nSPS) is 56.2. The monoisotopic (exact) mass is 181 g/mol. The Bertz CT molecular complexity index is 299. The van der Waals surface area contributed by atoms with Crippen LogP contribution in [0.2, 0.25) is 0 Å². The van der Waals surface area contributed by atoms with Crippen molar-refractivity contribution >= 4 is 5.97 Å². The molecule has 0 heterocycles. The van der Waals surface area contributed by atoms with Gasteiger partial charge in [-0.1, -0.05) is 0 Å². The summed E-state index contributed by atoms with van der Waals surface area (Å²) in [5.74, 6) is -0.0106. The number of esters is 1. The van der Waals surface area contributed by atoms with E-state index in [2.05, 4.69) is 0 Å². The SMILES string of the molecule is COC(=O)C12CCC3(N)CC31CC2. The molecule has 0 aromatic carbocycles. The third-order valence-corrected chi connectivity index (χ3v) is 4.91. The summed E-state index contributed by atoms with van der Waals surface area (Å²) in [6.45, 7) is 0. The molecule has 3 saturated carbocycles. The number of carbonyl (C=O) groups is 1. The van der Waals surface area contributed by atoms with Gasteiger partial charge in [0.25, 0.3) is 0 Å². The molecular formula is C10H15NO2. The predicted molar refractivity (Wildman–Crippen MR) is 46.9 cm³/mol. The smallest absolute Gasteiger partial charge is 0.312 e. The van der Waals surface area contributed by atoms with Gasteiger partial charge >= 0.3 is 5.97 Å². The highest BCUT2D eigenvalue weighted by Crippen LogP contribution is 2.83. The molecule has 3 atom stereocenters. The Morgan fingerprint density at radius 3 is 2.38 bits per heavy atom. The van der Waals surface area contributed by atoms with Crippen molar-refractivity contribution in [2.75, 3.05) is 7.11 Å². The van der Waals surface area contributed by atoms with Crippen molar-refractivity contribution < 1.29 is 9.53 Å². The van der Waals surface area contributed by atoms with Crippen molar-refractivity contribution in [3.05, 3.63) is 0 Å². The number of carbonyl (C=O) groups excluding carboxylic acids is 1. The van der Waals surface area contributed by atoms with Crippen LogP contribution < -0.4 is 5.73 Å². The zero-order valence-electron chi connectivity index (χ0n) is 7.93. The number of nitrogens with two attached hydrogens (primary N) is 1. The first-order valence-corrected chi connectivity index (χ1v) is 4.98. The molecule has 0 aromatic rings. The molecule has 3 nitrogen and oxygen atoms in total. The van der Waals surface area contributed by atoms with Crippen LogP contribution in [-0.4, -0.2) is 18.6 Å². The minimum Gasteiger partial charge on any atom is -0.469 e. The molecule has 0 amide bonds. The molecule has 1 spiro atoms. The molecule has 13 heavy (non-hydrogen) atoms. The van der Waals surface area contributed by atoms with E-state index in [0.717, 1.165) is 32.1 Å². The van der Waals surface area contributed by atoms with E-state index < -0.39 is 0 Å². The Morgan fingerprint density at radius 1 is 1.31 bits per heavy atom. The molecule has 2 N–H and O–H groups in total. The summed E-state index contributed by atoms with van der Waals surface area (Å²) >= 11 is 0. The minimum absolute atomic E-state index is 0.000556. The topological polar surface area (TPSA) is 52.3 Å². The Morgan fingerprint density at radius 2 is 2.00 bits per heavy atom. The van der Waals surface area contributed by atoms with Crippen molar-refractivity contribution in [2.24, 2.45) is 16.6 Å². The summed E-state index contributed by atoms with van der Waals surface area (Å²) in [6.07, 6.45) is 5.16. The Hall–Kier alpha value is -0.570. The first-order valence-electron chi connectivity index (χ1n) is 4.98. The molecule has 3 unspecified atom stereocenters. The second-order valence-corrected chi connectivity index (χ2v) is 4.99. The Kier molecular flexibility index (Phi) is 1.07. The molecule has 3 aliphatic carbocycles. The van der Waals surface area contributed by atoms with Gasteiger partial charge in [0.15, 0.2) is 0 Å². The molecule has 0 radical (unpaired) electrons. The van der Waals surface area contributed by atoms with Crippen LogP contribution in [0, 0.1) is 10.8 Å². The van der Waals surface area contributed by atoms with Gasteiger partial charge < -0.3 is 10.5 Å². The van der Waals surface area contributed by atoms with E-state index in [1.807, 2.05) is 0 Å². The summed E-state index contributed by atoms with van der Waals surface area (Å²) in [6, 6.07) is 0. The van der Waals surface area contributed by atoms with E-state index in [9.17, 15) is 4.79 Å². The van der Waals surface area contributed by atoms with E-state index in [1.54, 1.807) is 0 Å². The van der Waals surface area contributed by atoms with Gasteiger partial charge in [0, 0.05) is 11.0 Å². The summed E-state index contributed by atoms with van der Waals surface area (Å²) in [7, 11) is 1.49. The van der Waals surface area contributed by atoms with Crippen molar-refractivity contribution in [1.29, 1.82) is 0 Å². The number of hydrogen-bond donors (Lipinski definition) is 1. The Balaban J connectivity index is 1.99. The zero-order chi connectivity index (χ0) is 9.32. The van der Waals surface area contributed by atoms with Crippen LogP contribution in [0.25, 0.3) is 0 Å². The molecule has 72 valence electrons. The second kappa shape index (κ2) is 1.78. The molecule has 3 rings (SSSR count). The van der Waals surface area contributed by atoms with E-state index in [-0.39, 0.29) is 22.3 Å². The third-order valence-electron chi connectivity index (χ3n) is 4.91. The minimum atomic E-state index is -0.170. The fourth-order valence-corrected chi connectivity index (χ4v) is 3.93. The maximum atomic E-state index is 11.7. The van der Waals surface area contributed by atoms with Crippen LogP contribution in [-0.2, 0) is 9.53 Å². The molecule has 3 aliphatic rings. The van der Waals surface area contributed by atoms with Gasteiger partial charge in [-0.3, -0.25) is 4.79 Å². The van der Waals surface area contributed by atoms with Crippen LogP contribution >= 0.6 is 0 Å². The van der Waals surface area contributed by atoms with Gasteiger partial charge in [-0.05, 0) is 32.1 Å². The number of methoxy groups -OCH3 is 1. The highest BCUT2D eigenvalue weighted by Gasteiger charge is 2.85. The molecule has 0 saturated heterocycles. The lowest BCUT2D eigenvalue weighted by Gasteiger charge is -2.45. The lowest BCUT2D eigenvalue weighted by Crippen LogP contribution is -2.49. The molecular weight excluding hydrogens is 166 g/mol. The van der Waals surface area contributed by atoms with Crippen molar-refractivity contribution in [3.63, 3.8) is 0 Å². The van der Waals surface area contributed by atoms with Gasteiger partial charge in [-0.25, -0.2) is 0 Å². The standard InChI is InChI=1S/C10H15NO2/c1-13-7(12)8-2-4-9(8)6-10(9,11)5-3-8/h2-6,11H2,1H3. The van der Waals surface area contributed by atoms with Gasteiger partial charge in [0.05, 0.1) is 12.5 Å². The highest BCUT2D eigenvalue weighted by molar-refractivity contribution is 5.82. The zero-order valence-corrected chi connectivity index (χ0v) is 7.93. The van der Waals surface area contributed by atoms with Gasteiger partial charge in [-0.15, -0.1) is 0 Å². The first-order chi connectivity index (χ1) is 6.10. The average molecular weight is 181 g/mol. The van der Waals surface area contributed by atoms with Gasteiger partial charge in [0.1, 0.15) is 0 Å².